The predicted octanol–water partition coefficient (Wildman–Crippen LogP) is 1.90. The Hall–Kier alpha value is -1.46. The molecule has 0 saturated carbocycles. The maximum absolute atomic E-state index is 12.5. The van der Waals surface area contributed by atoms with Gasteiger partial charge < -0.3 is 0 Å². The second kappa shape index (κ2) is 5.27. The van der Waals surface area contributed by atoms with Crippen LogP contribution in [0.2, 0.25) is 0 Å². The third-order valence-corrected chi connectivity index (χ3v) is 5.00. The van der Waals surface area contributed by atoms with Crippen LogP contribution in [0.5, 0.6) is 0 Å². The van der Waals surface area contributed by atoms with Crippen molar-refractivity contribution in [3.63, 3.8) is 0 Å². The van der Waals surface area contributed by atoms with Crippen LogP contribution in [0.1, 0.15) is 18.9 Å². The summed E-state index contributed by atoms with van der Waals surface area (Å²) in [6.07, 6.45) is 2.24. The molecule has 1 aromatic carbocycles. The monoisotopic (exact) mass is 279 g/mol. The van der Waals surface area contributed by atoms with Crippen molar-refractivity contribution in [1.82, 2.24) is 4.31 Å². The second-order valence-electron chi connectivity index (χ2n) is 4.71. The number of ketones is 1. The lowest BCUT2D eigenvalue weighted by Gasteiger charge is -2.25. The van der Waals surface area contributed by atoms with Gasteiger partial charge >= 0.3 is 0 Å². The molecule has 0 N–H and O–H groups in total. The van der Waals surface area contributed by atoms with Gasteiger partial charge in [-0.3, -0.25) is 4.79 Å². The van der Waals surface area contributed by atoms with Crippen LogP contribution in [-0.2, 0) is 14.8 Å². The van der Waals surface area contributed by atoms with E-state index in [1.54, 1.807) is 30.3 Å². The van der Waals surface area contributed by atoms with E-state index in [2.05, 4.69) is 0 Å². The molecule has 0 aliphatic carbocycles. The first-order chi connectivity index (χ1) is 8.93. The lowest BCUT2D eigenvalue weighted by atomic mass is 10.1. The fourth-order valence-electron chi connectivity index (χ4n) is 2.02. The molecule has 0 aromatic heterocycles. The molecule has 0 atom stereocenters. The largest absolute Gasteiger partial charge is 0.293 e. The van der Waals surface area contributed by atoms with Crippen LogP contribution in [0.3, 0.4) is 0 Å². The number of rotatable bonds is 3. The van der Waals surface area contributed by atoms with E-state index in [0.717, 1.165) is 11.1 Å². The zero-order valence-electron chi connectivity index (χ0n) is 11.1. The van der Waals surface area contributed by atoms with Crippen LogP contribution in [0.25, 0.3) is 0 Å². The summed E-state index contributed by atoms with van der Waals surface area (Å²) in [6, 6.07) is 6.68. The van der Waals surface area contributed by atoms with Gasteiger partial charge in [0.2, 0.25) is 10.0 Å². The third kappa shape index (κ3) is 2.93. The average Bonchev–Trinajstić information content (AvgIpc) is 2.38. The van der Waals surface area contributed by atoms with Crippen LogP contribution >= 0.6 is 0 Å². The summed E-state index contributed by atoms with van der Waals surface area (Å²) in [6.45, 7) is 4.05. The number of hydrogen-bond acceptors (Lipinski definition) is 3. The highest BCUT2D eigenvalue weighted by molar-refractivity contribution is 7.89. The van der Waals surface area contributed by atoms with Gasteiger partial charge in [-0.2, -0.15) is 4.31 Å². The number of benzene rings is 1. The Kier molecular flexibility index (Phi) is 3.87. The first kappa shape index (κ1) is 14.0. The summed E-state index contributed by atoms with van der Waals surface area (Å²) in [4.78, 5) is 11.8. The van der Waals surface area contributed by atoms with Crippen molar-refractivity contribution in [2.75, 3.05) is 13.1 Å². The van der Waals surface area contributed by atoms with Crippen LogP contribution in [-0.4, -0.2) is 31.6 Å². The SMILES string of the molecule is CCC1=CC(=O)CN(S(=O)(=O)c2ccc(C)cc2)C1. The minimum atomic E-state index is -3.58. The number of carbonyl (C=O) groups is 1. The standard InChI is InChI=1S/C14H17NO3S/c1-3-12-8-13(16)10-15(9-12)19(17,18)14-6-4-11(2)5-7-14/h4-8H,3,9-10H2,1-2H3. The highest BCUT2D eigenvalue weighted by atomic mass is 32.2. The summed E-state index contributed by atoms with van der Waals surface area (Å²) >= 11 is 0. The molecule has 1 heterocycles. The number of sulfonamides is 1. The molecule has 1 aliphatic heterocycles. The maximum Gasteiger partial charge on any atom is 0.243 e. The Morgan fingerprint density at radius 1 is 1.16 bits per heavy atom. The smallest absolute Gasteiger partial charge is 0.243 e. The quantitative estimate of drug-likeness (QED) is 0.849. The van der Waals surface area contributed by atoms with Crippen LogP contribution in [0, 0.1) is 6.92 Å². The summed E-state index contributed by atoms with van der Waals surface area (Å²) < 4.78 is 26.2. The first-order valence-corrected chi connectivity index (χ1v) is 7.66. The van der Waals surface area contributed by atoms with Gasteiger partial charge in [-0.1, -0.05) is 30.2 Å². The van der Waals surface area contributed by atoms with Gasteiger partial charge in [-0.05, 0) is 31.6 Å². The second-order valence-corrected chi connectivity index (χ2v) is 6.65. The molecule has 1 aliphatic rings. The molecule has 19 heavy (non-hydrogen) atoms. The van der Waals surface area contributed by atoms with E-state index in [4.69, 9.17) is 0 Å². The normalized spacial score (nSPS) is 17.4. The molecular weight excluding hydrogens is 262 g/mol. The van der Waals surface area contributed by atoms with Crippen LogP contribution < -0.4 is 0 Å². The van der Waals surface area contributed by atoms with Crippen molar-refractivity contribution >= 4 is 15.8 Å². The Bertz CT molecular complexity index is 615. The Morgan fingerprint density at radius 2 is 1.79 bits per heavy atom. The molecule has 0 bridgehead atoms. The van der Waals surface area contributed by atoms with E-state index in [1.807, 2.05) is 13.8 Å². The highest BCUT2D eigenvalue weighted by Gasteiger charge is 2.29. The minimum absolute atomic E-state index is 0.0697. The lowest BCUT2D eigenvalue weighted by Crippen LogP contribution is -2.39. The van der Waals surface area contributed by atoms with Crippen LogP contribution in [0.15, 0.2) is 40.8 Å². The van der Waals surface area contributed by atoms with Crippen molar-refractivity contribution in [3.05, 3.63) is 41.5 Å². The van der Waals surface area contributed by atoms with Gasteiger partial charge in [0.15, 0.2) is 5.78 Å². The van der Waals surface area contributed by atoms with Gasteiger partial charge in [0.25, 0.3) is 0 Å². The fraction of sp³-hybridized carbons (Fsp3) is 0.357. The van der Waals surface area contributed by atoms with E-state index in [1.165, 1.54) is 4.31 Å². The van der Waals surface area contributed by atoms with E-state index < -0.39 is 10.0 Å². The van der Waals surface area contributed by atoms with Crippen molar-refractivity contribution in [1.29, 1.82) is 0 Å². The summed E-state index contributed by atoms with van der Waals surface area (Å²) in [5, 5.41) is 0. The van der Waals surface area contributed by atoms with Crippen molar-refractivity contribution in [2.45, 2.75) is 25.2 Å². The zero-order valence-corrected chi connectivity index (χ0v) is 11.9. The van der Waals surface area contributed by atoms with E-state index in [9.17, 15) is 13.2 Å². The summed E-state index contributed by atoms with van der Waals surface area (Å²) in [5.41, 5.74) is 1.86. The molecule has 102 valence electrons. The summed E-state index contributed by atoms with van der Waals surface area (Å²) in [7, 11) is -3.58. The molecule has 5 heteroatoms. The number of hydrogen-bond donors (Lipinski definition) is 0. The van der Waals surface area contributed by atoms with Crippen molar-refractivity contribution in [2.24, 2.45) is 0 Å². The van der Waals surface area contributed by atoms with Gasteiger partial charge in [-0.15, -0.1) is 0 Å². The topological polar surface area (TPSA) is 54.5 Å². The van der Waals surface area contributed by atoms with Crippen molar-refractivity contribution < 1.29 is 13.2 Å². The number of aryl methyl sites for hydroxylation is 1. The third-order valence-electron chi connectivity index (χ3n) is 3.19. The predicted molar refractivity (Wildman–Crippen MR) is 73.3 cm³/mol. The molecule has 1 aromatic rings. The Labute approximate surface area is 113 Å². The average molecular weight is 279 g/mol. The molecule has 4 nitrogen and oxygen atoms in total. The maximum atomic E-state index is 12.5. The van der Waals surface area contributed by atoms with Crippen LogP contribution in [0.4, 0.5) is 0 Å². The van der Waals surface area contributed by atoms with Gasteiger partial charge in [0, 0.05) is 6.54 Å². The molecule has 0 unspecified atom stereocenters. The lowest BCUT2D eigenvalue weighted by molar-refractivity contribution is -0.115. The molecule has 0 fully saturated rings. The minimum Gasteiger partial charge on any atom is -0.293 e. The Balaban J connectivity index is 2.33. The fourth-order valence-corrected chi connectivity index (χ4v) is 3.43. The highest BCUT2D eigenvalue weighted by Crippen LogP contribution is 2.20. The van der Waals surface area contributed by atoms with Crippen molar-refractivity contribution in [3.8, 4) is 0 Å². The number of carbonyl (C=O) groups excluding carboxylic acids is 1. The van der Waals surface area contributed by atoms with E-state index in [0.29, 0.717) is 13.0 Å². The zero-order chi connectivity index (χ0) is 14.0. The molecule has 2 rings (SSSR count). The first-order valence-electron chi connectivity index (χ1n) is 6.22. The van der Waals surface area contributed by atoms with E-state index in [-0.39, 0.29) is 17.2 Å². The molecule has 0 spiro atoms. The molecular formula is C14H17NO3S. The number of nitrogens with zero attached hydrogens (tertiary/aromatic N) is 1. The molecule has 0 saturated heterocycles. The molecule has 0 radical (unpaired) electrons. The Morgan fingerprint density at radius 3 is 2.37 bits per heavy atom. The molecule has 0 amide bonds. The van der Waals surface area contributed by atoms with Gasteiger partial charge in [0.05, 0.1) is 11.4 Å². The van der Waals surface area contributed by atoms with Gasteiger partial charge in [0.1, 0.15) is 0 Å². The van der Waals surface area contributed by atoms with Gasteiger partial charge in [-0.25, -0.2) is 8.42 Å². The van der Waals surface area contributed by atoms with E-state index >= 15 is 0 Å². The summed E-state index contributed by atoms with van der Waals surface area (Å²) in [5.74, 6) is -0.154.